The van der Waals surface area contributed by atoms with E-state index >= 15 is 0 Å². The van der Waals surface area contributed by atoms with E-state index in [1.165, 1.54) is 18.4 Å². The predicted molar refractivity (Wildman–Crippen MR) is 114 cm³/mol. The van der Waals surface area contributed by atoms with Crippen molar-refractivity contribution in [3.05, 3.63) is 35.9 Å². The van der Waals surface area contributed by atoms with Crippen LogP contribution in [0, 0.1) is 0 Å². The van der Waals surface area contributed by atoms with Crippen LogP contribution < -0.4 is 16.2 Å². The van der Waals surface area contributed by atoms with Crippen LogP contribution in [0.2, 0.25) is 0 Å². The summed E-state index contributed by atoms with van der Waals surface area (Å²) in [4.78, 5) is 20.9. The van der Waals surface area contributed by atoms with E-state index in [0.717, 1.165) is 32.7 Å². The summed E-state index contributed by atoms with van der Waals surface area (Å²) in [5, 5.41) is 5.31. The number of nitrogens with one attached hydrogen (secondary N) is 3. The number of benzene rings is 1. The third-order valence-electron chi connectivity index (χ3n) is 6.22. The van der Waals surface area contributed by atoms with Crippen molar-refractivity contribution in [1.82, 2.24) is 26.1 Å². The molecule has 0 aromatic heterocycles. The number of ether oxygens (including phenoxy) is 1. The maximum Gasteiger partial charge on any atom is 0.239 e. The van der Waals surface area contributed by atoms with Gasteiger partial charge in [-0.3, -0.25) is 20.0 Å². The van der Waals surface area contributed by atoms with E-state index in [9.17, 15) is 4.79 Å². The standard InChI is InChI=1S/C22H35N5O3/c1-3-4-10-26-15-21(29-16(26)2)20-11-19(25-30-20)22(28)24-18-12-23-27(14-18)13-17-8-6-5-7-9-17/h5-9,16,18-21,23,25H,3-4,10-15H2,1-2H3,(H,24,28). The van der Waals surface area contributed by atoms with Gasteiger partial charge in [-0.2, -0.15) is 5.48 Å². The maximum atomic E-state index is 12.7. The summed E-state index contributed by atoms with van der Waals surface area (Å²) in [5.74, 6) is -0.000236. The van der Waals surface area contributed by atoms with Gasteiger partial charge in [0, 0.05) is 39.1 Å². The third kappa shape index (κ3) is 5.38. The molecule has 1 amide bonds. The van der Waals surface area contributed by atoms with Crippen molar-refractivity contribution in [3.8, 4) is 0 Å². The topological polar surface area (TPSA) is 78.1 Å². The SMILES string of the molecule is CCCCN1CC(C2CC(C(=O)NC3CNN(Cc4ccccc4)C3)NO2)OC1C. The van der Waals surface area contributed by atoms with Gasteiger partial charge < -0.3 is 10.1 Å². The number of hydrazine groups is 1. The molecule has 8 nitrogen and oxygen atoms in total. The molecule has 3 heterocycles. The third-order valence-corrected chi connectivity index (χ3v) is 6.22. The summed E-state index contributed by atoms with van der Waals surface area (Å²) in [6, 6.07) is 10.1. The van der Waals surface area contributed by atoms with Gasteiger partial charge in [-0.15, -0.1) is 0 Å². The fraction of sp³-hybridized carbons (Fsp3) is 0.682. The van der Waals surface area contributed by atoms with E-state index in [-0.39, 0.29) is 36.4 Å². The number of carbonyl (C=O) groups excluding carboxylic acids is 1. The molecule has 1 aromatic rings. The van der Waals surface area contributed by atoms with Crippen LogP contribution in [-0.2, 0) is 20.9 Å². The van der Waals surface area contributed by atoms with Gasteiger partial charge in [-0.25, -0.2) is 5.01 Å². The van der Waals surface area contributed by atoms with Crippen molar-refractivity contribution in [1.29, 1.82) is 0 Å². The second-order valence-corrected chi connectivity index (χ2v) is 8.62. The average molecular weight is 418 g/mol. The van der Waals surface area contributed by atoms with E-state index in [2.05, 4.69) is 52.1 Å². The molecule has 4 rings (SSSR count). The molecule has 5 unspecified atom stereocenters. The van der Waals surface area contributed by atoms with E-state index in [0.29, 0.717) is 6.42 Å². The Morgan fingerprint density at radius 1 is 1.23 bits per heavy atom. The minimum Gasteiger partial charge on any atom is -0.356 e. The Morgan fingerprint density at radius 3 is 2.87 bits per heavy atom. The summed E-state index contributed by atoms with van der Waals surface area (Å²) in [7, 11) is 0. The highest BCUT2D eigenvalue weighted by atomic mass is 16.7. The first-order chi connectivity index (χ1) is 14.6. The van der Waals surface area contributed by atoms with Gasteiger partial charge in [0.15, 0.2) is 0 Å². The van der Waals surface area contributed by atoms with Crippen LogP contribution in [0.4, 0.5) is 0 Å². The number of hydrogen-bond acceptors (Lipinski definition) is 7. The summed E-state index contributed by atoms with van der Waals surface area (Å²) >= 11 is 0. The first kappa shape index (κ1) is 21.7. The van der Waals surface area contributed by atoms with Gasteiger partial charge in [-0.05, 0) is 18.9 Å². The number of carbonyl (C=O) groups is 1. The molecule has 0 spiro atoms. The summed E-state index contributed by atoms with van der Waals surface area (Å²) in [6.45, 7) is 8.56. The van der Waals surface area contributed by atoms with E-state index in [1.54, 1.807) is 0 Å². The van der Waals surface area contributed by atoms with Crippen molar-refractivity contribution in [2.75, 3.05) is 26.2 Å². The van der Waals surface area contributed by atoms with E-state index < -0.39 is 0 Å². The molecule has 8 heteroatoms. The fourth-order valence-electron chi connectivity index (χ4n) is 4.44. The lowest BCUT2D eigenvalue weighted by molar-refractivity contribution is -0.125. The largest absolute Gasteiger partial charge is 0.356 e. The van der Waals surface area contributed by atoms with Crippen LogP contribution in [0.3, 0.4) is 0 Å². The smallest absolute Gasteiger partial charge is 0.239 e. The lowest BCUT2D eigenvalue weighted by Crippen LogP contribution is -2.47. The molecule has 0 radical (unpaired) electrons. The molecule has 3 saturated heterocycles. The molecule has 0 bridgehead atoms. The molecule has 3 aliphatic heterocycles. The van der Waals surface area contributed by atoms with Gasteiger partial charge in [0.1, 0.15) is 24.5 Å². The van der Waals surface area contributed by atoms with E-state index in [4.69, 9.17) is 9.57 Å². The Morgan fingerprint density at radius 2 is 2.07 bits per heavy atom. The quantitative estimate of drug-likeness (QED) is 0.582. The summed E-state index contributed by atoms with van der Waals surface area (Å²) in [5.41, 5.74) is 7.56. The Labute approximate surface area is 179 Å². The fourth-order valence-corrected chi connectivity index (χ4v) is 4.44. The van der Waals surface area contributed by atoms with Crippen LogP contribution in [0.1, 0.15) is 38.7 Å². The molecule has 0 saturated carbocycles. The number of nitrogens with zero attached hydrogens (tertiary/aromatic N) is 2. The number of amides is 1. The predicted octanol–water partition coefficient (Wildman–Crippen LogP) is 1.00. The van der Waals surface area contributed by atoms with Gasteiger partial charge in [0.05, 0.1) is 6.04 Å². The molecule has 3 aliphatic rings. The van der Waals surface area contributed by atoms with Crippen molar-refractivity contribution < 1.29 is 14.4 Å². The summed E-state index contributed by atoms with van der Waals surface area (Å²) in [6.07, 6.45) is 3.02. The van der Waals surface area contributed by atoms with Crippen LogP contribution in [0.15, 0.2) is 30.3 Å². The van der Waals surface area contributed by atoms with Gasteiger partial charge in [0.2, 0.25) is 5.91 Å². The highest BCUT2D eigenvalue weighted by Gasteiger charge is 2.42. The molecule has 1 aromatic carbocycles. The van der Waals surface area contributed by atoms with Crippen LogP contribution in [-0.4, -0.2) is 72.5 Å². The van der Waals surface area contributed by atoms with Crippen molar-refractivity contribution in [2.24, 2.45) is 0 Å². The highest BCUT2D eigenvalue weighted by Crippen LogP contribution is 2.25. The van der Waals surface area contributed by atoms with Gasteiger partial charge in [-0.1, -0.05) is 43.7 Å². The lowest BCUT2D eigenvalue weighted by atomic mass is 10.1. The van der Waals surface area contributed by atoms with E-state index in [1.807, 2.05) is 18.2 Å². The average Bonchev–Trinajstić information content (AvgIpc) is 3.47. The number of rotatable bonds is 8. The molecule has 5 atom stereocenters. The molecule has 30 heavy (non-hydrogen) atoms. The van der Waals surface area contributed by atoms with Crippen molar-refractivity contribution in [2.45, 2.75) is 70.2 Å². The zero-order valence-corrected chi connectivity index (χ0v) is 18.0. The molecular weight excluding hydrogens is 382 g/mol. The van der Waals surface area contributed by atoms with Crippen LogP contribution in [0.5, 0.6) is 0 Å². The molecule has 166 valence electrons. The first-order valence-corrected chi connectivity index (χ1v) is 11.3. The summed E-state index contributed by atoms with van der Waals surface area (Å²) < 4.78 is 6.10. The Balaban J connectivity index is 1.20. The highest BCUT2D eigenvalue weighted by molar-refractivity contribution is 5.82. The Bertz CT molecular complexity index is 691. The number of hydrogen-bond donors (Lipinski definition) is 3. The molecule has 3 fully saturated rings. The number of hydroxylamine groups is 1. The van der Waals surface area contributed by atoms with Crippen LogP contribution >= 0.6 is 0 Å². The molecule has 0 aliphatic carbocycles. The minimum atomic E-state index is -0.332. The molecule has 3 N–H and O–H groups in total. The van der Waals surface area contributed by atoms with Crippen molar-refractivity contribution >= 4 is 5.91 Å². The molecular formula is C22H35N5O3. The Kier molecular flexibility index (Phi) is 7.35. The number of unbranched alkanes of at least 4 members (excludes halogenated alkanes) is 1. The second-order valence-electron chi connectivity index (χ2n) is 8.62. The second kappa shape index (κ2) is 10.2. The minimum absolute atomic E-state index is 0.000236. The zero-order valence-electron chi connectivity index (χ0n) is 18.0. The lowest BCUT2D eigenvalue weighted by Gasteiger charge is -2.18. The zero-order chi connectivity index (χ0) is 20.9. The first-order valence-electron chi connectivity index (χ1n) is 11.3. The van der Waals surface area contributed by atoms with Gasteiger partial charge in [0.25, 0.3) is 0 Å². The van der Waals surface area contributed by atoms with Crippen molar-refractivity contribution in [3.63, 3.8) is 0 Å². The normalized spacial score (nSPS) is 32.7. The van der Waals surface area contributed by atoms with Crippen LogP contribution in [0.25, 0.3) is 0 Å². The monoisotopic (exact) mass is 417 g/mol. The Hall–Kier alpha value is -1.55. The maximum absolute atomic E-state index is 12.7. The van der Waals surface area contributed by atoms with Gasteiger partial charge >= 0.3 is 0 Å².